The van der Waals surface area contributed by atoms with E-state index in [0.717, 1.165) is 17.5 Å². The zero-order valence-corrected chi connectivity index (χ0v) is 22.8. The lowest BCUT2D eigenvalue weighted by molar-refractivity contribution is -0.134. The number of anilines is 1. The Bertz CT molecular complexity index is 1330. The summed E-state index contributed by atoms with van der Waals surface area (Å²) in [6.45, 7) is 10.7. The Labute approximate surface area is 219 Å². The third kappa shape index (κ3) is 6.72. The maximum absolute atomic E-state index is 13.9. The second-order valence-corrected chi connectivity index (χ2v) is 13.4. The summed E-state index contributed by atoms with van der Waals surface area (Å²) in [4.78, 5) is 17.5. The Morgan fingerprint density at radius 1 is 0.973 bits per heavy atom. The fraction of sp³-hybridized carbons (Fsp3) is 0.393. The number of nitrogens with zero attached hydrogens (tertiary/aromatic N) is 2. The van der Waals surface area contributed by atoms with Crippen molar-refractivity contribution < 1.29 is 18.3 Å². The van der Waals surface area contributed by atoms with Crippen LogP contribution < -0.4 is 11.1 Å². The third-order valence-corrected chi connectivity index (χ3v) is 8.28. The molecule has 0 aliphatic heterocycles. The molecule has 0 saturated carbocycles. The van der Waals surface area contributed by atoms with Crippen molar-refractivity contribution in [2.24, 2.45) is 11.1 Å². The van der Waals surface area contributed by atoms with Gasteiger partial charge in [-0.3, -0.25) is 4.79 Å². The molecule has 2 heterocycles. The second-order valence-electron chi connectivity index (χ2n) is 11.2. The lowest BCUT2D eigenvalue weighted by atomic mass is 9.72. The number of pyridine rings is 2. The van der Waals surface area contributed by atoms with E-state index in [-0.39, 0.29) is 40.3 Å². The minimum absolute atomic E-state index is 0.0543. The van der Waals surface area contributed by atoms with Crippen molar-refractivity contribution in [3.8, 4) is 0 Å². The van der Waals surface area contributed by atoms with Crippen LogP contribution in [0.1, 0.15) is 57.9 Å². The molecule has 1 atom stereocenters. The molecule has 0 bridgehead atoms. The molecule has 9 heteroatoms. The van der Waals surface area contributed by atoms with Crippen LogP contribution in [0.5, 0.6) is 0 Å². The van der Waals surface area contributed by atoms with Crippen molar-refractivity contribution >= 4 is 21.6 Å². The molecule has 2 aromatic heterocycles. The first-order chi connectivity index (χ1) is 17.1. The van der Waals surface area contributed by atoms with Crippen molar-refractivity contribution in [1.29, 1.82) is 0 Å². The highest BCUT2D eigenvalue weighted by atomic mass is 32.2. The summed E-state index contributed by atoms with van der Waals surface area (Å²) in [5.41, 5.74) is 8.81. The van der Waals surface area contributed by atoms with Crippen LogP contribution in [-0.2, 0) is 31.3 Å². The highest BCUT2D eigenvalue weighted by Crippen LogP contribution is 2.37. The first-order valence-corrected chi connectivity index (χ1v) is 13.6. The van der Waals surface area contributed by atoms with Crippen LogP contribution in [0.4, 0.5) is 5.82 Å². The van der Waals surface area contributed by atoms with Gasteiger partial charge < -0.3 is 16.2 Å². The first kappa shape index (κ1) is 28.3. The minimum Gasteiger partial charge on any atom is -0.480 e. The maximum atomic E-state index is 13.9. The number of aromatic nitrogens is 2. The van der Waals surface area contributed by atoms with Gasteiger partial charge in [0.1, 0.15) is 12.4 Å². The monoisotopic (exact) mass is 524 g/mol. The molecule has 0 amide bonds. The van der Waals surface area contributed by atoms with Crippen molar-refractivity contribution in [3.05, 3.63) is 83.7 Å². The van der Waals surface area contributed by atoms with Crippen molar-refractivity contribution in [2.75, 3.05) is 11.9 Å². The lowest BCUT2D eigenvalue weighted by Crippen LogP contribution is -2.47. The normalized spacial score (nSPS) is 14.1. The topological polar surface area (TPSA) is 135 Å². The summed E-state index contributed by atoms with van der Waals surface area (Å²) in [5, 5.41) is 11.5. The zero-order valence-electron chi connectivity index (χ0n) is 22.0. The van der Waals surface area contributed by atoms with Crippen LogP contribution in [0.2, 0.25) is 0 Å². The number of nitrogens with one attached hydrogen (secondary N) is 1. The van der Waals surface area contributed by atoms with Gasteiger partial charge in [-0.05, 0) is 52.6 Å². The summed E-state index contributed by atoms with van der Waals surface area (Å²) >= 11 is 0. The molecule has 3 aromatic rings. The summed E-state index contributed by atoms with van der Waals surface area (Å²) in [7, 11) is -4.20. The van der Waals surface area contributed by atoms with Gasteiger partial charge in [-0.1, -0.05) is 71.0 Å². The summed E-state index contributed by atoms with van der Waals surface area (Å²) < 4.78 is 27.8. The van der Waals surface area contributed by atoms with Gasteiger partial charge >= 0.3 is 5.97 Å². The number of hydrogen-bond donors (Lipinski definition) is 3. The smallest absolute Gasteiger partial charge is 0.322 e. The van der Waals surface area contributed by atoms with E-state index in [2.05, 4.69) is 49.9 Å². The number of nitrogens with two attached hydrogens (primary N) is 1. The Morgan fingerprint density at radius 3 is 2.22 bits per heavy atom. The molecule has 37 heavy (non-hydrogen) atoms. The molecule has 0 spiro atoms. The fourth-order valence-corrected chi connectivity index (χ4v) is 6.33. The van der Waals surface area contributed by atoms with E-state index in [4.69, 9.17) is 10.8 Å². The number of carboxylic acids is 1. The van der Waals surface area contributed by atoms with Crippen molar-refractivity contribution in [2.45, 2.75) is 62.8 Å². The molecular weight excluding hydrogens is 488 g/mol. The van der Waals surface area contributed by atoms with E-state index in [1.807, 2.05) is 24.3 Å². The molecular formula is C28H36N4O4S. The Balaban J connectivity index is 2.05. The Hall–Kier alpha value is -3.30. The molecule has 198 valence electrons. The summed E-state index contributed by atoms with van der Waals surface area (Å²) in [5.74, 6) is -0.855. The Morgan fingerprint density at radius 2 is 1.65 bits per heavy atom. The molecule has 0 saturated heterocycles. The largest absolute Gasteiger partial charge is 0.480 e. The minimum atomic E-state index is -4.20. The van der Waals surface area contributed by atoms with E-state index in [1.165, 1.54) is 18.3 Å². The highest BCUT2D eigenvalue weighted by molar-refractivity contribution is 7.92. The second kappa shape index (κ2) is 10.6. The van der Waals surface area contributed by atoms with Crippen LogP contribution in [0.25, 0.3) is 0 Å². The average Bonchev–Trinajstić information content (AvgIpc) is 2.82. The van der Waals surface area contributed by atoms with Crippen LogP contribution in [0.15, 0.2) is 71.9 Å². The van der Waals surface area contributed by atoms with E-state index < -0.39 is 20.7 Å². The van der Waals surface area contributed by atoms with E-state index in [0.29, 0.717) is 0 Å². The van der Waals surface area contributed by atoms with Gasteiger partial charge in [0, 0.05) is 12.6 Å². The van der Waals surface area contributed by atoms with E-state index in [9.17, 15) is 13.2 Å². The number of carboxylic acid groups (broad SMARTS) is 1. The molecule has 0 aliphatic rings. The quantitative estimate of drug-likeness (QED) is 0.352. The van der Waals surface area contributed by atoms with Crippen LogP contribution in [0.3, 0.4) is 0 Å². The molecule has 3 rings (SSSR count). The van der Waals surface area contributed by atoms with Crippen LogP contribution in [-0.4, -0.2) is 36.0 Å². The maximum Gasteiger partial charge on any atom is 0.322 e. The van der Waals surface area contributed by atoms with Gasteiger partial charge in [0.15, 0.2) is 9.90 Å². The van der Waals surface area contributed by atoms with Gasteiger partial charge in [0.05, 0.1) is 5.69 Å². The third-order valence-electron chi connectivity index (χ3n) is 6.17. The lowest BCUT2D eigenvalue weighted by Gasteiger charge is -2.33. The van der Waals surface area contributed by atoms with Gasteiger partial charge in [-0.25, -0.2) is 18.4 Å². The number of sulfone groups is 1. The molecule has 0 fully saturated rings. The molecule has 4 N–H and O–H groups in total. The molecule has 1 unspecified atom stereocenters. The fourth-order valence-electron chi connectivity index (χ4n) is 4.76. The number of carbonyl (C=O) groups is 1. The van der Waals surface area contributed by atoms with Gasteiger partial charge in [0.25, 0.3) is 0 Å². The van der Waals surface area contributed by atoms with Crippen LogP contribution in [0, 0.1) is 5.41 Å². The zero-order chi connectivity index (χ0) is 27.5. The molecule has 0 radical (unpaired) electrons. The summed E-state index contributed by atoms with van der Waals surface area (Å²) in [6.07, 6.45) is 2.33. The van der Waals surface area contributed by atoms with Gasteiger partial charge in [-0.15, -0.1) is 0 Å². The average molecular weight is 525 g/mol. The van der Waals surface area contributed by atoms with Gasteiger partial charge in [-0.2, -0.15) is 0 Å². The molecule has 1 aromatic carbocycles. The van der Waals surface area contributed by atoms with Crippen molar-refractivity contribution in [3.63, 3.8) is 0 Å². The predicted octanol–water partition coefficient (Wildman–Crippen LogP) is 4.52. The number of aliphatic carboxylic acids is 1. The predicted molar refractivity (Wildman–Crippen MR) is 145 cm³/mol. The highest BCUT2D eigenvalue weighted by Gasteiger charge is 2.45. The van der Waals surface area contributed by atoms with E-state index >= 15 is 0 Å². The number of benzene rings is 1. The number of hydrogen-bond acceptors (Lipinski definition) is 7. The SMILES string of the molecule is CC(C)(C)CC(C)(C)c1ccc(CC(N)(c2cccc(NCC(=O)O)n2)S(=O)(=O)c2ccccn2)cc1. The number of rotatable bonds is 10. The summed E-state index contributed by atoms with van der Waals surface area (Å²) in [6, 6.07) is 17.2. The van der Waals surface area contributed by atoms with E-state index in [1.54, 1.807) is 24.3 Å². The molecule has 8 nitrogen and oxygen atoms in total. The first-order valence-electron chi connectivity index (χ1n) is 12.1. The standard InChI is InChI=1S/C28H36N4O4S/c1-26(2,3)19-27(4,5)21-14-12-20(13-15-21)17-28(29,37(35,36)24-11-6-7-16-30-24)22-9-8-10-23(32-22)31-18-25(33)34/h6-16H,17-19,29H2,1-5H3,(H,31,32)(H,33,34). The van der Waals surface area contributed by atoms with Gasteiger partial charge in [0.2, 0.25) is 9.84 Å². The Kier molecular flexibility index (Phi) is 8.09. The molecule has 0 aliphatic carbocycles. The van der Waals surface area contributed by atoms with Crippen molar-refractivity contribution in [1.82, 2.24) is 9.97 Å². The van der Waals surface area contributed by atoms with Crippen LogP contribution >= 0.6 is 0 Å².